The standard InChI is InChI=1S/C9H7BrINO/c1-13-9-6(4-5-12)2-3-7(11)8(9)10/h2-3H,4H2,1H3. The van der Waals surface area contributed by atoms with Crippen molar-refractivity contribution in [3.63, 3.8) is 0 Å². The van der Waals surface area contributed by atoms with Gasteiger partial charge < -0.3 is 4.74 Å². The van der Waals surface area contributed by atoms with Crippen LogP contribution in [0.1, 0.15) is 5.56 Å². The van der Waals surface area contributed by atoms with Crippen LogP contribution in [-0.4, -0.2) is 7.11 Å². The molecule has 0 aliphatic carbocycles. The largest absolute Gasteiger partial charge is 0.495 e. The van der Waals surface area contributed by atoms with Crippen molar-refractivity contribution in [3.8, 4) is 11.8 Å². The van der Waals surface area contributed by atoms with Crippen molar-refractivity contribution in [2.75, 3.05) is 7.11 Å². The van der Waals surface area contributed by atoms with Crippen molar-refractivity contribution in [1.82, 2.24) is 0 Å². The summed E-state index contributed by atoms with van der Waals surface area (Å²) in [5.41, 5.74) is 0.914. The Hall–Kier alpha value is -0.280. The van der Waals surface area contributed by atoms with Gasteiger partial charge in [-0.1, -0.05) is 6.07 Å². The summed E-state index contributed by atoms with van der Waals surface area (Å²) in [6.07, 6.45) is 0.374. The first-order valence-corrected chi connectivity index (χ1v) is 5.45. The molecule has 0 N–H and O–H groups in total. The zero-order valence-electron chi connectivity index (χ0n) is 6.97. The SMILES string of the molecule is COc1c(CC#N)ccc(I)c1Br. The lowest BCUT2D eigenvalue weighted by atomic mass is 10.1. The van der Waals surface area contributed by atoms with Crippen LogP contribution in [0.5, 0.6) is 5.75 Å². The molecule has 0 aliphatic heterocycles. The average molecular weight is 352 g/mol. The third-order valence-electron chi connectivity index (χ3n) is 1.61. The predicted molar refractivity (Wildman–Crippen MR) is 62.7 cm³/mol. The van der Waals surface area contributed by atoms with Crippen molar-refractivity contribution < 1.29 is 4.74 Å². The van der Waals surface area contributed by atoms with E-state index < -0.39 is 0 Å². The maximum atomic E-state index is 8.58. The van der Waals surface area contributed by atoms with Crippen LogP contribution < -0.4 is 4.74 Å². The Balaban J connectivity index is 3.23. The van der Waals surface area contributed by atoms with Crippen LogP contribution in [0.25, 0.3) is 0 Å². The van der Waals surface area contributed by atoms with E-state index >= 15 is 0 Å². The van der Waals surface area contributed by atoms with Crippen molar-refractivity contribution >= 4 is 38.5 Å². The summed E-state index contributed by atoms with van der Waals surface area (Å²) in [6.45, 7) is 0. The minimum atomic E-state index is 0.374. The van der Waals surface area contributed by atoms with E-state index in [-0.39, 0.29) is 0 Å². The summed E-state index contributed by atoms with van der Waals surface area (Å²) in [4.78, 5) is 0. The van der Waals surface area contributed by atoms with Crippen LogP contribution in [0, 0.1) is 14.9 Å². The van der Waals surface area contributed by atoms with Gasteiger partial charge in [0.25, 0.3) is 0 Å². The topological polar surface area (TPSA) is 33.0 Å². The molecule has 68 valence electrons. The lowest BCUT2D eigenvalue weighted by Crippen LogP contribution is -1.93. The van der Waals surface area contributed by atoms with E-state index in [2.05, 4.69) is 44.6 Å². The highest BCUT2D eigenvalue weighted by molar-refractivity contribution is 14.1. The number of nitrogens with zero attached hydrogens (tertiary/aromatic N) is 1. The first kappa shape index (κ1) is 10.8. The number of hydrogen-bond acceptors (Lipinski definition) is 2. The summed E-state index contributed by atoms with van der Waals surface area (Å²) in [5.74, 6) is 0.758. The summed E-state index contributed by atoms with van der Waals surface area (Å²) in [7, 11) is 1.61. The van der Waals surface area contributed by atoms with E-state index in [1.165, 1.54) is 0 Å². The van der Waals surface area contributed by atoms with Crippen LogP contribution in [-0.2, 0) is 6.42 Å². The summed E-state index contributed by atoms with van der Waals surface area (Å²) < 4.78 is 7.21. The van der Waals surface area contributed by atoms with E-state index in [4.69, 9.17) is 10.00 Å². The first-order valence-electron chi connectivity index (χ1n) is 3.58. The number of rotatable bonds is 2. The molecule has 0 fully saturated rings. The minimum Gasteiger partial charge on any atom is -0.495 e. The van der Waals surface area contributed by atoms with Gasteiger partial charge in [0, 0.05) is 9.13 Å². The summed E-state index contributed by atoms with van der Waals surface area (Å²) >= 11 is 5.63. The van der Waals surface area contributed by atoms with E-state index in [0.717, 1.165) is 19.4 Å². The van der Waals surface area contributed by atoms with Crippen LogP contribution in [0.4, 0.5) is 0 Å². The molecule has 4 heteroatoms. The Morgan fingerprint density at radius 1 is 1.62 bits per heavy atom. The van der Waals surface area contributed by atoms with E-state index in [1.54, 1.807) is 7.11 Å². The van der Waals surface area contributed by atoms with Crippen LogP contribution >= 0.6 is 38.5 Å². The number of hydrogen-bond donors (Lipinski definition) is 0. The molecule has 0 amide bonds. The number of benzene rings is 1. The Morgan fingerprint density at radius 3 is 2.85 bits per heavy atom. The molecule has 0 bridgehead atoms. The van der Waals surface area contributed by atoms with Crippen molar-refractivity contribution in [3.05, 3.63) is 25.7 Å². The van der Waals surface area contributed by atoms with Crippen LogP contribution in [0.2, 0.25) is 0 Å². The molecule has 0 spiro atoms. The quantitative estimate of drug-likeness (QED) is 0.767. The van der Waals surface area contributed by atoms with Gasteiger partial charge in [0.15, 0.2) is 0 Å². The Bertz CT molecular complexity index is 359. The molecule has 0 aliphatic rings. The minimum absolute atomic E-state index is 0.374. The van der Waals surface area contributed by atoms with Crippen LogP contribution in [0.15, 0.2) is 16.6 Å². The molecule has 2 nitrogen and oxygen atoms in total. The van der Waals surface area contributed by atoms with E-state index in [1.807, 2.05) is 12.1 Å². The van der Waals surface area contributed by atoms with Crippen molar-refractivity contribution in [2.45, 2.75) is 6.42 Å². The zero-order chi connectivity index (χ0) is 9.84. The van der Waals surface area contributed by atoms with E-state index in [0.29, 0.717) is 6.42 Å². The van der Waals surface area contributed by atoms with Gasteiger partial charge in [0.2, 0.25) is 0 Å². The highest BCUT2D eigenvalue weighted by atomic mass is 127. The second-order valence-electron chi connectivity index (χ2n) is 2.39. The molecule has 0 saturated heterocycles. The molecular formula is C9H7BrINO. The van der Waals surface area contributed by atoms with Gasteiger partial charge in [-0.15, -0.1) is 0 Å². The van der Waals surface area contributed by atoms with Gasteiger partial charge in [0.1, 0.15) is 5.75 Å². The Morgan fingerprint density at radius 2 is 2.31 bits per heavy atom. The van der Waals surface area contributed by atoms with Crippen LogP contribution in [0.3, 0.4) is 0 Å². The highest BCUT2D eigenvalue weighted by Crippen LogP contribution is 2.33. The first-order chi connectivity index (χ1) is 6.20. The molecule has 13 heavy (non-hydrogen) atoms. The summed E-state index contributed by atoms with van der Waals surface area (Å²) in [6, 6.07) is 5.97. The maximum absolute atomic E-state index is 8.58. The third-order valence-corrected chi connectivity index (χ3v) is 4.03. The molecule has 1 aromatic carbocycles. The molecule has 0 saturated carbocycles. The molecule has 0 aromatic heterocycles. The molecule has 1 aromatic rings. The summed E-state index contributed by atoms with van der Waals surface area (Å²) in [5, 5.41) is 8.58. The van der Waals surface area contributed by atoms with Gasteiger partial charge in [-0.05, 0) is 44.6 Å². The predicted octanol–water partition coefficient (Wildman–Crippen LogP) is 3.13. The van der Waals surface area contributed by atoms with Gasteiger partial charge in [-0.2, -0.15) is 5.26 Å². The van der Waals surface area contributed by atoms with Crippen molar-refractivity contribution in [1.29, 1.82) is 5.26 Å². The second-order valence-corrected chi connectivity index (χ2v) is 4.34. The van der Waals surface area contributed by atoms with Crippen molar-refractivity contribution in [2.24, 2.45) is 0 Å². The molecular weight excluding hydrogens is 345 g/mol. The lowest BCUT2D eigenvalue weighted by molar-refractivity contribution is 0.407. The average Bonchev–Trinajstić information content (AvgIpc) is 2.12. The normalized spacial score (nSPS) is 9.38. The monoisotopic (exact) mass is 351 g/mol. The van der Waals surface area contributed by atoms with E-state index in [9.17, 15) is 0 Å². The molecule has 0 radical (unpaired) electrons. The Kier molecular flexibility index (Phi) is 4.00. The second kappa shape index (κ2) is 4.82. The zero-order valence-corrected chi connectivity index (χ0v) is 10.7. The number of methoxy groups -OCH3 is 1. The fraction of sp³-hybridized carbons (Fsp3) is 0.222. The highest BCUT2D eigenvalue weighted by Gasteiger charge is 2.09. The third kappa shape index (κ3) is 2.35. The number of ether oxygens (including phenoxy) is 1. The lowest BCUT2D eigenvalue weighted by Gasteiger charge is -2.08. The molecule has 0 heterocycles. The maximum Gasteiger partial charge on any atom is 0.138 e. The fourth-order valence-electron chi connectivity index (χ4n) is 1.02. The number of halogens is 2. The Labute approximate surface area is 99.2 Å². The van der Waals surface area contributed by atoms with Gasteiger partial charge in [-0.3, -0.25) is 0 Å². The van der Waals surface area contributed by atoms with Gasteiger partial charge in [-0.25, -0.2) is 0 Å². The number of nitriles is 1. The molecule has 0 atom stereocenters. The molecule has 1 rings (SSSR count). The smallest absolute Gasteiger partial charge is 0.138 e. The van der Waals surface area contributed by atoms with Gasteiger partial charge >= 0.3 is 0 Å². The fourth-order valence-corrected chi connectivity index (χ4v) is 1.99. The van der Waals surface area contributed by atoms with Gasteiger partial charge in [0.05, 0.1) is 24.1 Å². The molecule has 0 unspecified atom stereocenters.